The molecule has 4 rings (SSSR count). The van der Waals surface area contributed by atoms with Crippen molar-refractivity contribution in [3.05, 3.63) is 17.7 Å². The van der Waals surface area contributed by atoms with Crippen molar-refractivity contribution in [1.29, 1.82) is 0 Å². The fraction of sp³-hybridized carbons (Fsp3) is 0.710. The van der Waals surface area contributed by atoms with Crippen molar-refractivity contribution in [2.45, 2.75) is 78.2 Å². The first kappa shape index (κ1) is 30.9. The maximum Gasteiger partial charge on any atom is 0.308 e. The fourth-order valence-corrected chi connectivity index (χ4v) is 6.44. The highest BCUT2D eigenvalue weighted by Crippen LogP contribution is 2.47. The van der Waals surface area contributed by atoms with Crippen molar-refractivity contribution in [3.63, 3.8) is 0 Å². The normalized spacial score (nSPS) is 23.3. The van der Waals surface area contributed by atoms with Gasteiger partial charge in [0.2, 0.25) is 24.4 Å². The molecule has 3 heterocycles. The van der Waals surface area contributed by atoms with Crippen LogP contribution in [0.3, 0.4) is 0 Å². The molecule has 0 unspecified atom stereocenters. The number of ether oxygens (including phenoxy) is 3. The summed E-state index contributed by atoms with van der Waals surface area (Å²) in [6.07, 6.45) is 5.13. The maximum atomic E-state index is 13.6. The molecule has 3 aliphatic rings. The van der Waals surface area contributed by atoms with E-state index >= 15 is 0 Å². The summed E-state index contributed by atoms with van der Waals surface area (Å²) in [5.41, 5.74) is 0.382. The van der Waals surface area contributed by atoms with E-state index in [2.05, 4.69) is 13.8 Å². The number of hydrogen-bond acceptors (Lipinski definition) is 7. The Hall–Kier alpha value is -3.01. The molecule has 0 spiro atoms. The Kier molecular flexibility index (Phi) is 10.0. The van der Waals surface area contributed by atoms with Crippen LogP contribution in [0.15, 0.2) is 12.1 Å². The van der Waals surface area contributed by atoms with Crippen LogP contribution in [0.4, 0.5) is 0 Å². The number of carbonyl (C=O) groups excluding carboxylic acids is 2. The number of aliphatic carboxylic acids is 1. The summed E-state index contributed by atoms with van der Waals surface area (Å²) >= 11 is 0. The van der Waals surface area contributed by atoms with Gasteiger partial charge < -0.3 is 29.1 Å². The number of likely N-dealkylation sites (tertiary alicyclic amines) is 2. The topological polar surface area (TPSA) is 109 Å². The van der Waals surface area contributed by atoms with E-state index in [0.717, 1.165) is 37.7 Å². The quantitative estimate of drug-likeness (QED) is 0.356. The van der Waals surface area contributed by atoms with Crippen LogP contribution in [0.25, 0.3) is 0 Å². The van der Waals surface area contributed by atoms with E-state index < -0.39 is 23.3 Å². The van der Waals surface area contributed by atoms with Gasteiger partial charge in [0, 0.05) is 50.1 Å². The average Bonchev–Trinajstić information content (AvgIpc) is 3.63. The minimum absolute atomic E-state index is 0.0309. The number of carbonyl (C=O) groups is 3. The molecule has 0 bridgehead atoms. The molecular weight excluding hydrogens is 526 g/mol. The van der Waals surface area contributed by atoms with Crippen LogP contribution < -0.4 is 14.2 Å². The van der Waals surface area contributed by atoms with Gasteiger partial charge in [-0.3, -0.25) is 19.3 Å². The van der Waals surface area contributed by atoms with E-state index in [9.17, 15) is 19.5 Å². The van der Waals surface area contributed by atoms with Crippen LogP contribution in [-0.4, -0.2) is 96.8 Å². The smallest absolute Gasteiger partial charge is 0.308 e. The lowest BCUT2D eigenvalue weighted by molar-refractivity contribution is -0.144. The number of methoxy groups -OCH3 is 1. The van der Waals surface area contributed by atoms with Gasteiger partial charge in [0.1, 0.15) is 0 Å². The SMILES string of the molecule is CCCCN(CCCC)C(=O)CN1C[C@H](c2cc(OC)c3c(c2)OCO3)[C@@H](C(=O)O)[C@@H]1CCN1CCC(C)(C)C1=O. The highest BCUT2D eigenvalue weighted by molar-refractivity contribution is 5.84. The van der Waals surface area contributed by atoms with Crippen molar-refractivity contribution in [2.24, 2.45) is 11.3 Å². The predicted molar refractivity (Wildman–Crippen MR) is 154 cm³/mol. The van der Waals surface area contributed by atoms with E-state index in [-0.39, 0.29) is 31.1 Å². The van der Waals surface area contributed by atoms with Gasteiger partial charge in [0.25, 0.3) is 0 Å². The molecule has 3 aliphatic heterocycles. The molecule has 2 saturated heterocycles. The van der Waals surface area contributed by atoms with Gasteiger partial charge in [-0.05, 0) is 43.4 Å². The molecule has 2 fully saturated rings. The van der Waals surface area contributed by atoms with Gasteiger partial charge in [-0.15, -0.1) is 0 Å². The molecule has 0 aliphatic carbocycles. The zero-order valence-electron chi connectivity index (χ0n) is 25.3. The van der Waals surface area contributed by atoms with Crippen molar-refractivity contribution in [3.8, 4) is 17.2 Å². The second kappa shape index (κ2) is 13.3. The molecule has 3 atom stereocenters. The minimum atomic E-state index is -0.909. The predicted octanol–water partition coefficient (Wildman–Crippen LogP) is 3.97. The molecule has 10 heteroatoms. The molecule has 228 valence electrons. The number of hydrogen-bond donors (Lipinski definition) is 1. The van der Waals surface area contributed by atoms with Crippen molar-refractivity contribution >= 4 is 17.8 Å². The van der Waals surface area contributed by atoms with E-state index in [1.165, 1.54) is 0 Å². The van der Waals surface area contributed by atoms with E-state index in [1.807, 2.05) is 40.7 Å². The molecule has 2 amide bonds. The lowest BCUT2D eigenvalue weighted by atomic mass is 9.84. The van der Waals surface area contributed by atoms with Gasteiger partial charge >= 0.3 is 5.97 Å². The van der Waals surface area contributed by atoms with Gasteiger partial charge in [0.05, 0.1) is 19.6 Å². The van der Waals surface area contributed by atoms with Crippen LogP contribution in [-0.2, 0) is 14.4 Å². The Bertz CT molecular complexity index is 1100. The minimum Gasteiger partial charge on any atom is -0.493 e. The molecule has 1 N–H and O–H groups in total. The third kappa shape index (κ3) is 6.74. The molecule has 1 aromatic carbocycles. The van der Waals surface area contributed by atoms with Crippen molar-refractivity contribution < 1.29 is 33.7 Å². The highest BCUT2D eigenvalue weighted by Gasteiger charge is 2.48. The second-order valence-corrected chi connectivity index (χ2v) is 12.2. The van der Waals surface area contributed by atoms with Gasteiger partial charge in [0.15, 0.2) is 11.5 Å². The molecule has 10 nitrogen and oxygen atoms in total. The Morgan fingerprint density at radius 2 is 1.85 bits per heavy atom. The Morgan fingerprint density at radius 1 is 1.15 bits per heavy atom. The van der Waals surface area contributed by atoms with Crippen molar-refractivity contribution in [1.82, 2.24) is 14.7 Å². The lowest BCUT2D eigenvalue weighted by Crippen LogP contribution is -2.46. The number of unbranched alkanes of at least 4 members (excludes halogenated alkanes) is 2. The summed E-state index contributed by atoms with van der Waals surface area (Å²) < 4.78 is 16.8. The zero-order chi connectivity index (χ0) is 29.7. The first-order valence-corrected chi connectivity index (χ1v) is 15.1. The molecular formula is C31H47N3O7. The average molecular weight is 574 g/mol. The van der Waals surface area contributed by atoms with Crippen LogP contribution in [0.1, 0.15) is 77.7 Å². The zero-order valence-corrected chi connectivity index (χ0v) is 25.3. The third-order valence-corrected chi connectivity index (χ3v) is 8.96. The van der Waals surface area contributed by atoms with E-state index in [0.29, 0.717) is 56.4 Å². The summed E-state index contributed by atoms with van der Waals surface area (Å²) in [7, 11) is 1.55. The summed E-state index contributed by atoms with van der Waals surface area (Å²) in [6, 6.07) is 3.26. The largest absolute Gasteiger partial charge is 0.493 e. The first-order valence-electron chi connectivity index (χ1n) is 15.1. The number of fused-ring (bicyclic) bond motifs is 1. The second-order valence-electron chi connectivity index (χ2n) is 12.2. The van der Waals surface area contributed by atoms with Crippen LogP contribution in [0.2, 0.25) is 0 Å². The maximum absolute atomic E-state index is 13.6. The Balaban J connectivity index is 1.63. The van der Waals surface area contributed by atoms with Crippen LogP contribution >= 0.6 is 0 Å². The first-order chi connectivity index (χ1) is 19.6. The summed E-state index contributed by atoms with van der Waals surface area (Å²) in [6.45, 7) is 11.3. The summed E-state index contributed by atoms with van der Waals surface area (Å²) in [5, 5.41) is 10.6. The summed E-state index contributed by atoms with van der Waals surface area (Å²) in [5.74, 6) is -0.380. The van der Waals surface area contributed by atoms with Crippen molar-refractivity contribution in [2.75, 3.05) is 53.2 Å². The fourth-order valence-electron chi connectivity index (χ4n) is 6.44. The number of nitrogens with zero attached hydrogens (tertiary/aromatic N) is 3. The standard InChI is InChI=1S/C31H47N3O7/c1-6-8-12-32(13-9-7-2)26(35)19-34-18-22(21-16-24(39-5)28-25(17-21)40-20-41-28)27(29(36)37)23(34)10-14-33-15-11-31(3,4)30(33)38/h16-17,22-23,27H,6-15,18-20H2,1-5H3,(H,36,37)/t22-,23+,27-/m1/s1. The number of carboxylic acids is 1. The molecule has 41 heavy (non-hydrogen) atoms. The number of rotatable bonds is 14. The van der Waals surface area contributed by atoms with Gasteiger partial charge in [-0.2, -0.15) is 0 Å². The Labute approximate surface area is 243 Å². The van der Waals surface area contributed by atoms with Crippen LogP contribution in [0, 0.1) is 11.3 Å². The highest BCUT2D eigenvalue weighted by atomic mass is 16.7. The molecule has 0 saturated carbocycles. The van der Waals surface area contributed by atoms with Gasteiger partial charge in [-0.25, -0.2) is 0 Å². The molecule has 0 radical (unpaired) electrons. The number of benzene rings is 1. The third-order valence-electron chi connectivity index (χ3n) is 8.96. The number of amides is 2. The summed E-state index contributed by atoms with van der Waals surface area (Å²) in [4.78, 5) is 45.3. The monoisotopic (exact) mass is 573 g/mol. The van der Waals surface area contributed by atoms with Crippen LogP contribution in [0.5, 0.6) is 17.2 Å². The molecule has 1 aromatic rings. The number of carboxylic acid groups (broad SMARTS) is 1. The van der Waals surface area contributed by atoms with E-state index in [1.54, 1.807) is 7.11 Å². The lowest BCUT2D eigenvalue weighted by Gasteiger charge is -2.31. The van der Waals surface area contributed by atoms with Gasteiger partial charge in [-0.1, -0.05) is 40.5 Å². The molecule has 0 aromatic heterocycles. The Morgan fingerprint density at radius 3 is 2.44 bits per heavy atom. The van der Waals surface area contributed by atoms with E-state index in [4.69, 9.17) is 14.2 Å².